The second-order valence-corrected chi connectivity index (χ2v) is 4.37. The molecule has 0 spiro atoms. The molecule has 18 heavy (non-hydrogen) atoms. The molecule has 0 aliphatic heterocycles. The zero-order chi connectivity index (χ0) is 12.7. The van der Waals surface area contributed by atoms with Crippen molar-refractivity contribution in [1.82, 2.24) is 10.6 Å². The highest BCUT2D eigenvalue weighted by Crippen LogP contribution is 2.23. The average Bonchev–Trinajstić information content (AvgIpc) is 2.34. The molecule has 0 aromatic heterocycles. The van der Waals surface area contributed by atoms with Crippen LogP contribution in [-0.2, 0) is 0 Å². The number of carbonyl (C=O) groups is 1. The summed E-state index contributed by atoms with van der Waals surface area (Å²) in [4.78, 5) is 11.9. The van der Waals surface area contributed by atoms with E-state index in [1.165, 1.54) is 0 Å². The van der Waals surface area contributed by atoms with Gasteiger partial charge in [0.25, 0.3) is 5.91 Å². The van der Waals surface area contributed by atoms with Crippen LogP contribution in [0.15, 0.2) is 22.7 Å². The van der Waals surface area contributed by atoms with Gasteiger partial charge in [0.2, 0.25) is 0 Å². The van der Waals surface area contributed by atoms with E-state index in [0.717, 1.165) is 17.6 Å². The summed E-state index contributed by atoms with van der Waals surface area (Å²) in [5.41, 5.74) is 0.548. The van der Waals surface area contributed by atoms with Crippen molar-refractivity contribution in [3.8, 4) is 5.75 Å². The van der Waals surface area contributed by atoms with Crippen molar-refractivity contribution in [2.45, 2.75) is 6.92 Å². The van der Waals surface area contributed by atoms with Crippen LogP contribution in [0.3, 0.4) is 0 Å². The second-order valence-electron chi connectivity index (χ2n) is 3.45. The fourth-order valence-corrected chi connectivity index (χ4v) is 1.73. The number of carbonyl (C=O) groups excluding carboxylic acids is 1. The number of hydrogen-bond acceptors (Lipinski definition) is 3. The Morgan fingerprint density at radius 1 is 1.39 bits per heavy atom. The third kappa shape index (κ3) is 5.25. The van der Waals surface area contributed by atoms with Gasteiger partial charge in [-0.05, 0) is 24.7 Å². The van der Waals surface area contributed by atoms with E-state index in [1.807, 2.05) is 13.0 Å². The number of likely N-dealkylation sites (N-methyl/N-ethyl adjacent to an activating group) is 1. The largest absolute Gasteiger partial charge is 0.496 e. The van der Waals surface area contributed by atoms with Crippen LogP contribution in [0.25, 0.3) is 0 Å². The summed E-state index contributed by atoms with van der Waals surface area (Å²) in [6.07, 6.45) is 0. The van der Waals surface area contributed by atoms with Gasteiger partial charge in [0.15, 0.2) is 0 Å². The molecule has 0 aliphatic rings. The molecule has 0 radical (unpaired) electrons. The first-order valence-electron chi connectivity index (χ1n) is 5.51. The first kappa shape index (κ1) is 17.2. The molecule has 0 atom stereocenters. The van der Waals surface area contributed by atoms with Crippen molar-refractivity contribution in [1.29, 1.82) is 0 Å². The maximum Gasteiger partial charge on any atom is 0.255 e. The third-order valence-electron chi connectivity index (χ3n) is 2.25. The molecular formula is C12H18BrClN2O2. The molecule has 0 unspecified atom stereocenters. The van der Waals surface area contributed by atoms with E-state index in [4.69, 9.17) is 4.74 Å². The first-order valence-corrected chi connectivity index (χ1v) is 6.30. The molecule has 0 fully saturated rings. The highest BCUT2D eigenvalue weighted by atomic mass is 79.9. The quantitative estimate of drug-likeness (QED) is 0.783. The lowest BCUT2D eigenvalue weighted by atomic mass is 10.2. The van der Waals surface area contributed by atoms with Gasteiger partial charge in [-0.2, -0.15) is 0 Å². The van der Waals surface area contributed by atoms with E-state index in [2.05, 4.69) is 26.6 Å². The maximum absolute atomic E-state index is 11.9. The number of rotatable bonds is 6. The van der Waals surface area contributed by atoms with Crippen molar-refractivity contribution in [3.05, 3.63) is 28.2 Å². The van der Waals surface area contributed by atoms with Crippen molar-refractivity contribution < 1.29 is 9.53 Å². The Morgan fingerprint density at radius 3 is 2.72 bits per heavy atom. The van der Waals surface area contributed by atoms with Crippen molar-refractivity contribution in [3.63, 3.8) is 0 Å². The summed E-state index contributed by atoms with van der Waals surface area (Å²) in [6.45, 7) is 4.30. The van der Waals surface area contributed by atoms with E-state index in [1.54, 1.807) is 19.2 Å². The van der Waals surface area contributed by atoms with E-state index in [9.17, 15) is 4.79 Å². The minimum atomic E-state index is -0.118. The van der Waals surface area contributed by atoms with E-state index < -0.39 is 0 Å². The molecule has 0 bridgehead atoms. The first-order chi connectivity index (χ1) is 8.19. The molecule has 4 nitrogen and oxygen atoms in total. The third-order valence-corrected chi connectivity index (χ3v) is 2.74. The number of halogens is 2. The van der Waals surface area contributed by atoms with Crippen LogP contribution in [-0.4, -0.2) is 32.7 Å². The van der Waals surface area contributed by atoms with Gasteiger partial charge < -0.3 is 15.4 Å². The van der Waals surface area contributed by atoms with Gasteiger partial charge >= 0.3 is 0 Å². The van der Waals surface area contributed by atoms with E-state index in [-0.39, 0.29) is 18.3 Å². The van der Waals surface area contributed by atoms with Gasteiger partial charge in [0.1, 0.15) is 5.75 Å². The molecule has 1 aromatic carbocycles. The van der Waals surface area contributed by atoms with Gasteiger partial charge in [0, 0.05) is 17.6 Å². The topological polar surface area (TPSA) is 50.4 Å². The van der Waals surface area contributed by atoms with Crippen LogP contribution in [0.4, 0.5) is 0 Å². The Hall–Kier alpha value is -0.780. The number of hydrogen-bond donors (Lipinski definition) is 2. The molecule has 1 aromatic rings. The van der Waals surface area contributed by atoms with E-state index in [0.29, 0.717) is 17.9 Å². The second kappa shape index (κ2) is 9.19. The minimum absolute atomic E-state index is 0. The fraction of sp³-hybridized carbons (Fsp3) is 0.417. The number of ether oxygens (including phenoxy) is 1. The van der Waals surface area contributed by atoms with Gasteiger partial charge in [0.05, 0.1) is 12.7 Å². The summed E-state index contributed by atoms with van der Waals surface area (Å²) in [6, 6.07) is 5.34. The van der Waals surface area contributed by atoms with Crippen molar-refractivity contribution >= 4 is 34.2 Å². The molecule has 0 saturated heterocycles. The number of benzene rings is 1. The van der Waals surface area contributed by atoms with Crippen LogP contribution >= 0.6 is 28.3 Å². The molecule has 0 saturated carbocycles. The lowest BCUT2D eigenvalue weighted by Gasteiger charge is -2.09. The standard InChI is InChI=1S/C12H17BrN2O2.ClH/c1-3-14-6-7-15-12(16)10-5-4-9(13)8-11(10)17-2;/h4-5,8,14H,3,6-7H2,1-2H3,(H,15,16);1H. The minimum Gasteiger partial charge on any atom is -0.496 e. The maximum atomic E-state index is 11.9. The molecule has 0 aliphatic carbocycles. The summed E-state index contributed by atoms with van der Waals surface area (Å²) in [7, 11) is 1.55. The monoisotopic (exact) mass is 336 g/mol. The average molecular weight is 338 g/mol. The summed E-state index contributed by atoms with van der Waals surface area (Å²) in [5.74, 6) is 0.451. The lowest BCUT2D eigenvalue weighted by Crippen LogP contribution is -2.31. The van der Waals surface area contributed by atoms with Crippen LogP contribution < -0.4 is 15.4 Å². The van der Waals surface area contributed by atoms with Gasteiger partial charge in [-0.3, -0.25) is 4.79 Å². The highest BCUT2D eigenvalue weighted by molar-refractivity contribution is 9.10. The summed E-state index contributed by atoms with van der Waals surface area (Å²) < 4.78 is 6.06. The smallest absolute Gasteiger partial charge is 0.255 e. The normalized spacial score (nSPS) is 9.50. The Kier molecular flexibility index (Phi) is 8.79. The molecular weight excluding hydrogens is 320 g/mol. The molecule has 1 amide bonds. The van der Waals surface area contributed by atoms with Crippen LogP contribution in [0.5, 0.6) is 5.75 Å². The van der Waals surface area contributed by atoms with Crippen molar-refractivity contribution in [2.75, 3.05) is 26.7 Å². The molecule has 2 N–H and O–H groups in total. The predicted molar refractivity (Wildman–Crippen MR) is 78.8 cm³/mol. The number of amides is 1. The summed E-state index contributed by atoms with van der Waals surface area (Å²) in [5, 5.41) is 5.97. The Labute approximate surface area is 122 Å². The predicted octanol–water partition coefficient (Wildman–Crippen LogP) is 2.22. The molecule has 0 heterocycles. The number of methoxy groups -OCH3 is 1. The lowest BCUT2D eigenvalue weighted by molar-refractivity contribution is 0.0951. The Bertz CT molecular complexity index is 388. The van der Waals surface area contributed by atoms with Crippen LogP contribution in [0, 0.1) is 0 Å². The van der Waals surface area contributed by atoms with E-state index >= 15 is 0 Å². The van der Waals surface area contributed by atoms with Gasteiger partial charge in [-0.1, -0.05) is 22.9 Å². The SMILES string of the molecule is CCNCCNC(=O)c1ccc(Br)cc1OC.Cl. The zero-order valence-electron chi connectivity index (χ0n) is 10.5. The fourth-order valence-electron chi connectivity index (χ4n) is 1.39. The highest BCUT2D eigenvalue weighted by Gasteiger charge is 2.11. The Morgan fingerprint density at radius 2 is 2.11 bits per heavy atom. The van der Waals surface area contributed by atoms with Crippen molar-refractivity contribution in [2.24, 2.45) is 0 Å². The summed E-state index contributed by atoms with van der Waals surface area (Å²) >= 11 is 3.34. The van der Waals surface area contributed by atoms with Crippen LogP contribution in [0.2, 0.25) is 0 Å². The Balaban J connectivity index is 0.00000289. The molecule has 1 rings (SSSR count). The number of nitrogens with one attached hydrogen (secondary N) is 2. The van der Waals surface area contributed by atoms with Crippen LogP contribution in [0.1, 0.15) is 17.3 Å². The molecule has 102 valence electrons. The van der Waals surface area contributed by atoms with Gasteiger partial charge in [-0.25, -0.2) is 0 Å². The zero-order valence-corrected chi connectivity index (χ0v) is 12.9. The molecule has 6 heteroatoms. The van der Waals surface area contributed by atoms with Gasteiger partial charge in [-0.15, -0.1) is 12.4 Å².